The molecule has 7 rings (SSSR count). The normalized spacial score (nSPS) is 26.6. The van der Waals surface area contributed by atoms with E-state index in [0.717, 1.165) is 16.0 Å². The third kappa shape index (κ3) is 2.21. The van der Waals surface area contributed by atoms with Crippen molar-refractivity contribution in [2.24, 2.45) is 11.8 Å². The molecule has 1 fully saturated rings. The van der Waals surface area contributed by atoms with Gasteiger partial charge in [0.2, 0.25) is 11.8 Å². The van der Waals surface area contributed by atoms with E-state index in [2.05, 4.69) is 0 Å². The Kier molecular flexibility index (Phi) is 3.82. The van der Waals surface area contributed by atoms with Crippen molar-refractivity contribution in [1.29, 1.82) is 0 Å². The number of nitro groups is 1. The van der Waals surface area contributed by atoms with Crippen LogP contribution in [0.5, 0.6) is 0 Å². The Morgan fingerprint density at radius 2 is 1.52 bits per heavy atom. The highest BCUT2D eigenvalue weighted by molar-refractivity contribution is 6.24. The van der Waals surface area contributed by atoms with Crippen LogP contribution in [0.25, 0.3) is 0 Å². The lowest BCUT2D eigenvalue weighted by atomic mass is 9.51. The number of carbonyl (C=O) groups is 3. The van der Waals surface area contributed by atoms with Gasteiger partial charge in [-0.05, 0) is 30.2 Å². The molecule has 1 heterocycles. The van der Waals surface area contributed by atoms with Crippen molar-refractivity contribution in [2.45, 2.75) is 18.4 Å². The minimum Gasteiger partial charge on any atom is -0.295 e. The number of hydrogen-bond acceptors (Lipinski definition) is 5. The maximum atomic E-state index is 13.9. The van der Waals surface area contributed by atoms with Gasteiger partial charge in [-0.1, -0.05) is 60.7 Å². The Labute approximate surface area is 188 Å². The zero-order valence-corrected chi connectivity index (χ0v) is 17.6. The average Bonchev–Trinajstić information content (AvgIpc) is 3.09. The van der Waals surface area contributed by atoms with Crippen molar-refractivity contribution >= 4 is 23.3 Å². The second-order valence-electron chi connectivity index (χ2n) is 8.80. The number of Topliss-reactive ketones (excluding diaryl/α,β-unsaturated/α-hetero) is 1. The molecule has 1 saturated heterocycles. The number of ketones is 1. The molecule has 162 valence electrons. The highest BCUT2D eigenvalue weighted by atomic mass is 16.6. The van der Waals surface area contributed by atoms with Crippen molar-refractivity contribution in [1.82, 2.24) is 0 Å². The molecule has 4 aliphatic rings. The Hall–Kier alpha value is -4.13. The van der Waals surface area contributed by atoms with Crippen molar-refractivity contribution in [3.8, 4) is 0 Å². The van der Waals surface area contributed by atoms with Gasteiger partial charge in [0.05, 0.1) is 11.6 Å². The summed E-state index contributed by atoms with van der Waals surface area (Å²) in [6.07, 6.45) is 0. The average molecular weight is 438 g/mol. The molecule has 33 heavy (non-hydrogen) atoms. The van der Waals surface area contributed by atoms with Crippen molar-refractivity contribution in [3.05, 3.63) is 111 Å². The second-order valence-corrected chi connectivity index (χ2v) is 8.80. The highest BCUT2D eigenvalue weighted by Crippen LogP contribution is 2.64. The summed E-state index contributed by atoms with van der Waals surface area (Å²) in [5.74, 6) is -3.79. The third-order valence-corrected chi connectivity index (χ3v) is 7.37. The van der Waals surface area contributed by atoms with Gasteiger partial charge in [0.1, 0.15) is 5.92 Å². The van der Waals surface area contributed by atoms with E-state index in [0.29, 0.717) is 16.7 Å². The Balaban J connectivity index is 1.64. The molecule has 0 N–H and O–H groups in total. The molecule has 0 saturated carbocycles. The second kappa shape index (κ2) is 6.45. The van der Waals surface area contributed by atoms with Crippen LogP contribution in [-0.4, -0.2) is 22.5 Å². The van der Waals surface area contributed by atoms with E-state index in [4.69, 9.17) is 0 Å². The first kappa shape index (κ1) is 19.5. The first-order valence-corrected chi connectivity index (χ1v) is 10.7. The lowest BCUT2D eigenvalue weighted by Gasteiger charge is -2.48. The van der Waals surface area contributed by atoms with Gasteiger partial charge in [-0.25, -0.2) is 4.90 Å². The smallest absolute Gasteiger partial charge is 0.285 e. The summed E-state index contributed by atoms with van der Waals surface area (Å²) in [7, 11) is 0. The molecular formula is C26H18N2O5. The van der Waals surface area contributed by atoms with Crippen LogP contribution in [0.3, 0.4) is 0 Å². The molecule has 3 aliphatic carbocycles. The molecular weight excluding hydrogens is 420 g/mol. The van der Waals surface area contributed by atoms with E-state index >= 15 is 0 Å². The summed E-state index contributed by atoms with van der Waals surface area (Å²) >= 11 is 0. The molecule has 0 spiro atoms. The minimum absolute atomic E-state index is 0.199. The molecule has 1 aliphatic heterocycles. The standard InChI is InChI=1S/C26H18N2O5/c1-14(29)15-7-6-8-16(13-15)27-24(30)22-21-17-9-2-4-11-19(17)26(28(32)33,23(22)25(27)31)20-12-5-3-10-18(20)21/h2-13,21-23H,1H3. The fourth-order valence-electron chi connectivity index (χ4n) is 6.16. The zero-order valence-electron chi connectivity index (χ0n) is 17.6. The van der Waals surface area contributed by atoms with E-state index in [1.54, 1.807) is 54.6 Å². The van der Waals surface area contributed by atoms with Crippen molar-refractivity contribution < 1.29 is 19.3 Å². The largest absolute Gasteiger partial charge is 0.295 e. The minimum atomic E-state index is -1.85. The molecule has 2 amide bonds. The summed E-state index contributed by atoms with van der Waals surface area (Å²) in [6, 6.07) is 20.4. The summed E-state index contributed by atoms with van der Waals surface area (Å²) in [6.45, 7) is 1.40. The Morgan fingerprint density at radius 1 is 0.909 bits per heavy atom. The van der Waals surface area contributed by atoms with Crippen LogP contribution in [-0.2, 0) is 15.1 Å². The molecule has 7 nitrogen and oxygen atoms in total. The monoisotopic (exact) mass is 438 g/mol. The zero-order chi connectivity index (χ0) is 23.1. The Bertz CT molecular complexity index is 1360. The number of amides is 2. The van der Waals surface area contributed by atoms with E-state index in [9.17, 15) is 24.5 Å². The van der Waals surface area contributed by atoms with Gasteiger partial charge >= 0.3 is 0 Å². The van der Waals surface area contributed by atoms with E-state index in [-0.39, 0.29) is 11.5 Å². The Morgan fingerprint density at radius 3 is 2.09 bits per heavy atom. The number of carbonyl (C=O) groups excluding carboxylic acids is 3. The van der Waals surface area contributed by atoms with Crippen LogP contribution in [0.4, 0.5) is 5.69 Å². The van der Waals surface area contributed by atoms with Gasteiger partial charge in [0.15, 0.2) is 5.78 Å². The predicted molar refractivity (Wildman–Crippen MR) is 118 cm³/mol. The van der Waals surface area contributed by atoms with Crippen LogP contribution in [0, 0.1) is 22.0 Å². The molecule has 3 aromatic rings. The number of hydrogen-bond donors (Lipinski definition) is 0. The molecule has 3 aromatic carbocycles. The fourth-order valence-corrected chi connectivity index (χ4v) is 6.16. The maximum absolute atomic E-state index is 13.9. The third-order valence-electron chi connectivity index (χ3n) is 7.37. The molecule has 2 unspecified atom stereocenters. The van der Waals surface area contributed by atoms with Gasteiger partial charge in [-0.15, -0.1) is 0 Å². The molecule has 7 heteroatoms. The fraction of sp³-hybridized carbons (Fsp3) is 0.192. The van der Waals surface area contributed by atoms with Gasteiger partial charge in [0, 0.05) is 27.5 Å². The predicted octanol–water partition coefficient (Wildman–Crippen LogP) is 3.67. The molecule has 2 atom stereocenters. The van der Waals surface area contributed by atoms with Crippen molar-refractivity contribution in [2.75, 3.05) is 4.90 Å². The van der Waals surface area contributed by atoms with E-state index in [1.807, 2.05) is 12.1 Å². The number of rotatable bonds is 3. The number of imide groups is 1. The van der Waals surface area contributed by atoms with Gasteiger partial charge in [-0.2, -0.15) is 0 Å². The lowest BCUT2D eigenvalue weighted by molar-refractivity contribution is -0.578. The highest BCUT2D eigenvalue weighted by Gasteiger charge is 2.74. The van der Waals surface area contributed by atoms with E-state index < -0.39 is 40.0 Å². The topological polar surface area (TPSA) is 97.6 Å². The number of anilines is 1. The molecule has 2 bridgehead atoms. The maximum Gasteiger partial charge on any atom is 0.285 e. The first-order chi connectivity index (χ1) is 15.9. The number of nitrogens with zero attached hydrogens (tertiary/aromatic N) is 2. The first-order valence-electron chi connectivity index (χ1n) is 10.7. The SMILES string of the molecule is CC(=O)c1cccc(N2C(=O)C3C4c5ccccc5C([N+](=O)[O-])(c5ccccc54)C3C2=O)c1. The molecule has 0 radical (unpaired) electrons. The van der Waals surface area contributed by atoms with Crippen LogP contribution >= 0.6 is 0 Å². The van der Waals surface area contributed by atoms with Crippen LogP contribution in [0.15, 0.2) is 72.8 Å². The number of benzene rings is 3. The van der Waals surface area contributed by atoms with Crippen LogP contribution in [0.1, 0.15) is 45.5 Å². The summed E-state index contributed by atoms with van der Waals surface area (Å²) < 4.78 is 0. The van der Waals surface area contributed by atoms with Crippen LogP contribution < -0.4 is 4.90 Å². The van der Waals surface area contributed by atoms with E-state index in [1.165, 1.54) is 13.0 Å². The molecule has 0 aromatic heterocycles. The van der Waals surface area contributed by atoms with Gasteiger partial charge in [-0.3, -0.25) is 24.5 Å². The van der Waals surface area contributed by atoms with Gasteiger partial charge in [0.25, 0.3) is 5.54 Å². The van der Waals surface area contributed by atoms with Gasteiger partial charge < -0.3 is 0 Å². The summed E-state index contributed by atoms with van der Waals surface area (Å²) in [4.78, 5) is 53.1. The summed E-state index contributed by atoms with van der Waals surface area (Å²) in [5.41, 5.74) is 1.15. The summed E-state index contributed by atoms with van der Waals surface area (Å²) in [5, 5.41) is 12.9. The van der Waals surface area contributed by atoms with Crippen molar-refractivity contribution in [3.63, 3.8) is 0 Å². The lowest BCUT2D eigenvalue weighted by Crippen LogP contribution is -2.57. The quantitative estimate of drug-likeness (QED) is 0.269. The van der Waals surface area contributed by atoms with Crippen LogP contribution in [0.2, 0.25) is 0 Å².